The Hall–Kier alpha value is -1.36. The van der Waals surface area contributed by atoms with Crippen LogP contribution < -0.4 is 4.90 Å². The second-order valence-electron chi connectivity index (χ2n) is 3.48. The smallest absolute Gasteiger partial charge is 0.308 e. The topological polar surface area (TPSA) is 66.3 Å². The van der Waals surface area contributed by atoms with Crippen LogP contribution in [0.25, 0.3) is 0 Å². The van der Waals surface area contributed by atoms with Gasteiger partial charge in [0, 0.05) is 13.1 Å². The van der Waals surface area contributed by atoms with E-state index in [0.717, 1.165) is 0 Å². The van der Waals surface area contributed by atoms with Gasteiger partial charge in [0.25, 0.3) is 0 Å². The number of hydrogen-bond acceptors (Lipinski definition) is 4. The number of aliphatic carboxylic acids is 1. The van der Waals surface area contributed by atoms with Gasteiger partial charge in [-0.15, -0.1) is 10.2 Å². The summed E-state index contributed by atoms with van der Waals surface area (Å²) in [5.41, 5.74) is 0. The van der Waals surface area contributed by atoms with E-state index in [9.17, 15) is 4.79 Å². The van der Waals surface area contributed by atoms with Crippen LogP contribution in [0.5, 0.6) is 0 Å². The molecule has 1 aliphatic heterocycles. The van der Waals surface area contributed by atoms with Crippen LogP contribution in [-0.2, 0) is 4.79 Å². The Kier molecular flexibility index (Phi) is 2.73. The number of halogens is 1. The number of carboxylic acid groups (broad SMARTS) is 1. The molecule has 15 heavy (non-hydrogen) atoms. The molecule has 1 aromatic heterocycles. The van der Waals surface area contributed by atoms with Gasteiger partial charge in [0.15, 0.2) is 11.0 Å². The lowest BCUT2D eigenvalue weighted by Crippen LogP contribution is -2.23. The van der Waals surface area contributed by atoms with E-state index >= 15 is 0 Å². The molecule has 1 atom stereocenters. The largest absolute Gasteiger partial charge is 0.481 e. The molecule has 0 aromatic carbocycles. The molecule has 1 fully saturated rings. The van der Waals surface area contributed by atoms with Gasteiger partial charge in [0.2, 0.25) is 0 Å². The van der Waals surface area contributed by atoms with Gasteiger partial charge < -0.3 is 10.0 Å². The minimum atomic E-state index is -0.751. The minimum Gasteiger partial charge on any atom is -0.481 e. The van der Waals surface area contributed by atoms with Crippen LogP contribution in [0.1, 0.15) is 6.42 Å². The molecule has 5 nitrogen and oxygen atoms in total. The molecule has 1 N–H and O–H groups in total. The van der Waals surface area contributed by atoms with Crippen LogP contribution in [0.2, 0.25) is 5.15 Å². The SMILES string of the molecule is O=C(O)[C@H]1CCN(c2ccc(Cl)nn2)C1. The first-order valence-corrected chi connectivity index (χ1v) is 5.01. The third kappa shape index (κ3) is 2.18. The van der Waals surface area contributed by atoms with Crippen molar-refractivity contribution in [2.24, 2.45) is 5.92 Å². The molecule has 0 unspecified atom stereocenters. The van der Waals surface area contributed by atoms with Crippen molar-refractivity contribution in [1.29, 1.82) is 0 Å². The molecule has 2 heterocycles. The van der Waals surface area contributed by atoms with Crippen molar-refractivity contribution in [1.82, 2.24) is 10.2 Å². The number of hydrogen-bond donors (Lipinski definition) is 1. The molecule has 80 valence electrons. The van der Waals surface area contributed by atoms with Crippen LogP contribution in [0.3, 0.4) is 0 Å². The lowest BCUT2D eigenvalue weighted by Gasteiger charge is -2.15. The van der Waals surface area contributed by atoms with Crippen LogP contribution in [0.4, 0.5) is 5.82 Å². The Morgan fingerprint density at radius 1 is 1.53 bits per heavy atom. The van der Waals surface area contributed by atoms with E-state index in [-0.39, 0.29) is 5.92 Å². The second kappa shape index (κ2) is 4.02. The minimum absolute atomic E-state index is 0.303. The maximum Gasteiger partial charge on any atom is 0.308 e. The van der Waals surface area contributed by atoms with Crippen molar-refractivity contribution < 1.29 is 9.90 Å². The third-order valence-corrected chi connectivity index (χ3v) is 2.68. The first-order valence-electron chi connectivity index (χ1n) is 4.64. The Labute approximate surface area is 91.7 Å². The summed E-state index contributed by atoms with van der Waals surface area (Å²) in [5, 5.41) is 16.8. The Bertz CT molecular complexity index is 368. The van der Waals surface area contributed by atoms with Gasteiger partial charge in [-0.1, -0.05) is 11.6 Å². The first-order chi connectivity index (χ1) is 7.16. The van der Waals surface area contributed by atoms with Gasteiger partial charge in [0.1, 0.15) is 0 Å². The molecule has 0 amide bonds. The van der Waals surface area contributed by atoms with Gasteiger partial charge in [-0.25, -0.2) is 0 Å². The average Bonchev–Trinajstić information content (AvgIpc) is 2.68. The van der Waals surface area contributed by atoms with Crippen molar-refractivity contribution in [3.63, 3.8) is 0 Å². The monoisotopic (exact) mass is 227 g/mol. The summed E-state index contributed by atoms with van der Waals surface area (Å²) in [7, 11) is 0. The normalized spacial score (nSPS) is 20.6. The molecule has 0 radical (unpaired) electrons. The average molecular weight is 228 g/mol. The van der Waals surface area contributed by atoms with E-state index in [4.69, 9.17) is 16.7 Å². The molecule has 1 aromatic rings. The second-order valence-corrected chi connectivity index (χ2v) is 3.87. The zero-order valence-electron chi connectivity index (χ0n) is 7.93. The van der Waals surface area contributed by atoms with Crippen molar-refractivity contribution in [3.8, 4) is 0 Å². The van der Waals surface area contributed by atoms with Crippen molar-refractivity contribution in [3.05, 3.63) is 17.3 Å². The van der Waals surface area contributed by atoms with E-state index in [1.54, 1.807) is 12.1 Å². The molecule has 0 aliphatic carbocycles. The molecule has 0 saturated carbocycles. The summed E-state index contributed by atoms with van der Waals surface area (Å²) in [5.74, 6) is -0.370. The fourth-order valence-electron chi connectivity index (χ4n) is 1.65. The number of anilines is 1. The maximum absolute atomic E-state index is 10.7. The summed E-state index contributed by atoms with van der Waals surface area (Å²) in [4.78, 5) is 12.7. The third-order valence-electron chi connectivity index (χ3n) is 2.48. The molecule has 1 aliphatic rings. The molecule has 0 spiro atoms. The summed E-state index contributed by atoms with van der Waals surface area (Å²) < 4.78 is 0. The van der Waals surface area contributed by atoms with Gasteiger partial charge >= 0.3 is 5.97 Å². The molecule has 2 rings (SSSR count). The van der Waals surface area contributed by atoms with E-state index in [1.807, 2.05) is 4.90 Å². The number of carboxylic acids is 1. The van der Waals surface area contributed by atoms with Gasteiger partial charge in [0.05, 0.1) is 5.92 Å². The number of nitrogens with zero attached hydrogens (tertiary/aromatic N) is 3. The lowest BCUT2D eigenvalue weighted by atomic mass is 10.1. The summed E-state index contributed by atoms with van der Waals surface area (Å²) in [6, 6.07) is 3.40. The van der Waals surface area contributed by atoms with Gasteiger partial charge in [-0.3, -0.25) is 4.79 Å². The highest BCUT2D eigenvalue weighted by Crippen LogP contribution is 2.22. The molecule has 6 heteroatoms. The number of carbonyl (C=O) groups is 1. The summed E-state index contributed by atoms with van der Waals surface area (Å²) in [6.07, 6.45) is 0.652. The van der Waals surface area contributed by atoms with E-state index in [0.29, 0.717) is 30.5 Å². The Morgan fingerprint density at radius 3 is 2.87 bits per heavy atom. The highest BCUT2D eigenvalue weighted by Gasteiger charge is 2.28. The fraction of sp³-hybridized carbons (Fsp3) is 0.444. The molecular formula is C9H10ClN3O2. The quantitative estimate of drug-likeness (QED) is 0.818. The Balaban J connectivity index is 2.07. The predicted octanol–water partition coefficient (Wildman–Crippen LogP) is 1.04. The molecular weight excluding hydrogens is 218 g/mol. The van der Waals surface area contributed by atoms with Crippen molar-refractivity contribution in [2.45, 2.75) is 6.42 Å². The first kappa shape index (κ1) is 10.2. The van der Waals surface area contributed by atoms with Crippen LogP contribution >= 0.6 is 11.6 Å². The zero-order chi connectivity index (χ0) is 10.8. The highest BCUT2D eigenvalue weighted by atomic mass is 35.5. The van der Waals surface area contributed by atoms with Gasteiger partial charge in [-0.2, -0.15) is 0 Å². The summed E-state index contributed by atoms with van der Waals surface area (Å²) in [6.45, 7) is 1.19. The Morgan fingerprint density at radius 2 is 2.33 bits per heavy atom. The predicted molar refractivity (Wildman–Crippen MR) is 55.0 cm³/mol. The van der Waals surface area contributed by atoms with Crippen LogP contribution in [0, 0.1) is 5.92 Å². The van der Waals surface area contributed by atoms with E-state index < -0.39 is 5.97 Å². The summed E-state index contributed by atoms with van der Waals surface area (Å²) >= 11 is 5.61. The standard InChI is InChI=1S/C9H10ClN3O2/c10-7-1-2-8(12-11-7)13-4-3-6(5-13)9(14)15/h1-2,6H,3-5H2,(H,14,15)/t6-/m0/s1. The molecule has 0 bridgehead atoms. The fourth-order valence-corrected chi connectivity index (χ4v) is 1.75. The van der Waals surface area contributed by atoms with Crippen LogP contribution in [0.15, 0.2) is 12.1 Å². The van der Waals surface area contributed by atoms with Crippen LogP contribution in [-0.4, -0.2) is 34.4 Å². The van der Waals surface area contributed by atoms with Crippen molar-refractivity contribution in [2.75, 3.05) is 18.0 Å². The zero-order valence-corrected chi connectivity index (χ0v) is 8.68. The van der Waals surface area contributed by atoms with Crippen molar-refractivity contribution >= 4 is 23.4 Å². The maximum atomic E-state index is 10.7. The highest BCUT2D eigenvalue weighted by molar-refractivity contribution is 6.29. The number of aromatic nitrogens is 2. The van der Waals surface area contributed by atoms with E-state index in [2.05, 4.69) is 10.2 Å². The lowest BCUT2D eigenvalue weighted by molar-refractivity contribution is -0.140. The van der Waals surface area contributed by atoms with E-state index in [1.165, 1.54) is 0 Å². The van der Waals surface area contributed by atoms with Gasteiger partial charge in [-0.05, 0) is 18.6 Å². The molecule has 1 saturated heterocycles. The number of rotatable bonds is 2.